The third-order valence-corrected chi connectivity index (χ3v) is 6.52. The van der Waals surface area contributed by atoms with Crippen LogP contribution in [0.25, 0.3) is 0 Å². The Hall–Kier alpha value is -1.46. The van der Waals surface area contributed by atoms with Gasteiger partial charge in [-0.25, -0.2) is 21.8 Å². The Bertz CT molecular complexity index is 694. The smallest absolute Gasteiger partial charge is 0.305 e. The van der Waals surface area contributed by atoms with E-state index in [0.29, 0.717) is 0 Å². The number of nitrogens with zero attached hydrogens (tertiary/aromatic N) is 2. The van der Waals surface area contributed by atoms with Crippen LogP contribution in [0.5, 0.6) is 0 Å². The summed E-state index contributed by atoms with van der Waals surface area (Å²) in [5.41, 5.74) is 0. The molecule has 1 fully saturated rings. The van der Waals surface area contributed by atoms with Crippen LogP contribution in [0.2, 0.25) is 0 Å². The number of nitrogens with one attached hydrogen (secondary N) is 1. The number of imidazole rings is 1. The maximum atomic E-state index is 12.3. The molecule has 2 heterocycles. The summed E-state index contributed by atoms with van der Waals surface area (Å²) in [6, 6.07) is -1.11. The van der Waals surface area contributed by atoms with Crippen molar-refractivity contribution in [2.45, 2.75) is 17.5 Å². The summed E-state index contributed by atoms with van der Waals surface area (Å²) in [6.07, 6.45) is 1.71. The normalized spacial score (nSPS) is 23.5. The molecule has 0 radical (unpaired) electrons. The number of carboxylic acids is 1. The Morgan fingerprint density at radius 2 is 2.25 bits per heavy atom. The Balaban J connectivity index is 2.36. The van der Waals surface area contributed by atoms with Gasteiger partial charge in [-0.3, -0.25) is 4.79 Å². The molecule has 0 aliphatic carbocycles. The predicted molar refractivity (Wildman–Crippen MR) is 67.2 cm³/mol. The lowest BCUT2D eigenvalue weighted by molar-refractivity contribution is -0.137. The van der Waals surface area contributed by atoms with Crippen molar-refractivity contribution in [2.75, 3.05) is 18.1 Å². The summed E-state index contributed by atoms with van der Waals surface area (Å²) < 4.78 is 48.7. The second kappa shape index (κ2) is 5.14. The third kappa shape index (κ3) is 2.99. The molecule has 2 rings (SSSR count). The monoisotopic (exact) mass is 323 g/mol. The number of carboxylic acid groups (broad SMARTS) is 1. The van der Waals surface area contributed by atoms with Crippen LogP contribution >= 0.6 is 0 Å². The lowest BCUT2D eigenvalue weighted by Crippen LogP contribution is -2.51. The largest absolute Gasteiger partial charge is 0.481 e. The number of rotatable bonds is 4. The van der Waals surface area contributed by atoms with Gasteiger partial charge < -0.3 is 10.1 Å². The average Bonchev–Trinajstić information content (AvgIpc) is 2.79. The van der Waals surface area contributed by atoms with Gasteiger partial charge in [0.25, 0.3) is 10.0 Å². The molecule has 1 aromatic heterocycles. The van der Waals surface area contributed by atoms with Gasteiger partial charge in [0.1, 0.15) is 0 Å². The number of aromatic amines is 1. The number of aliphatic carboxylic acids is 1. The van der Waals surface area contributed by atoms with Gasteiger partial charge in [0.2, 0.25) is 0 Å². The van der Waals surface area contributed by atoms with Crippen LogP contribution in [-0.4, -0.2) is 66.3 Å². The van der Waals surface area contributed by atoms with Crippen molar-refractivity contribution < 1.29 is 26.7 Å². The molecule has 0 amide bonds. The van der Waals surface area contributed by atoms with Crippen molar-refractivity contribution >= 4 is 25.8 Å². The first-order valence-corrected chi connectivity index (χ1v) is 8.91. The van der Waals surface area contributed by atoms with Crippen LogP contribution in [0.15, 0.2) is 17.6 Å². The van der Waals surface area contributed by atoms with Gasteiger partial charge in [-0.15, -0.1) is 0 Å². The van der Waals surface area contributed by atoms with Gasteiger partial charge in [0.15, 0.2) is 14.9 Å². The molecule has 1 atom stereocenters. The van der Waals surface area contributed by atoms with Crippen molar-refractivity contribution in [2.24, 2.45) is 0 Å². The SMILES string of the molecule is O=C(O)CC1CS(=O)(=O)CCN1S(=O)(=O)c1cnc[nH]1. The zero-order valence-corrected chi connectivity index (χ0v) is 11.9. The lowest BCUT2D eigenvalue weighted by atomic mass is 10.2. The molecule has 112 valence electrons. The van der Waals surface area contributed by atoms with E-state index < -0.39 is 44.0 Å². The Labute approximate surface area is 115 Å². The van der Waals surface area contributed by atoms with Crippen molar-refractivity contribution in [3.8, 4) is 0 Å². The second-order valence-corrected chi connectivity index (χ2v) is 8.49. The van der Waals surface area contributed by atoms with Crippen LogP contribution < -0.4 is 0 Å². The first-order valence-electron chi connectivity index (χ1n) is 5.65. The Morgan fingerprint density at radius 3 is 2.80 bits per heavy atom. The molecule has 20 heavy (non-hydrogen) atoms. The van der Waals surface area contributed by atoms with Crippen molar-refractivity contribution in [1.82, 2.24) is 14.3 Å². The number of sulfone groups is 1. The van der Waals surface area contributed by atoms with E-state index in [1.165, 1.54) is 6.33 Å². The zero-order valence-electron chi connectivity index (χ0n) is 10.3. The molecule has 11 heteroatoms. The Morgan fingerprint density at radius 1 is 1.55 bits per heavy atom. The first kappa shape index (κ1) is 14.9. The summed E-state index contributed by atoms with van der Waals surface area (Å²) in [7, 11) is -7.41. The molecule has 1 aliphatic heterocycles. The highest BCUT2D eigenvalue weighted by Gasteiger charge is 2.40. The molecular weight excluding hydrogens is 310 g/mol. The molecule has 0 spiro atoms. The third-order valence-electron chi connectivity index (χ3n) is 2.95. The van der Waals surface area contributed by atoms with Gasteiger partial charge in [-0.1, -0.05) is 0 Å². The van der Waals surface area contributed by atoms with Crippen molar-refractivity contribution in [1.29, 1.82) is 0 Å². The number of aromatic nitrogens is 2. The molecule has 1 unspecified atom stereocenters. The van der Waals surface area contributed by atoms with Gasteiger partial charge in [-0.2, -0.15) is 4.31 Å². The lowest BCUT2D eigenvalue weighted by Gasteiger charge is -2.32. The quantitative estimate of drug-likeness (QED) is 0.700. The minimum atomic E-state index is -3.98. The number of sulfonamides is 1. The van der Waals surface area contributed by atoms with E-state index in [2.05, 4.69) is 9.97 Å². The fraction of sp³-hybridized carbons (Fsp3) is 0.556. The van der Waals surface area contributed by atoms with Crippen LogP contribution in [0.1, 0.15) is 6.42 Å². The number of hydrogen-bond donors (Lipinski definition) is 2. The van der Waals surface area contributed by atoms with E-state index in [4.69, 9.17) is 5.11 Å². The van der Waals surface area contributed by atoms with Gasteiger partial charge in [0, 0.05) is 12.6 Å². The highest BCUT2D eigenvalue weighted by molar-refractivity contribution is 7.92. The van der Waals surface area contributed by atoms with E-state index in [1.54, 1.807) is 0 Å². The topological polar surface area (TPSA) is 138 Å². The summed E-state index contributed by atoms with van der Waals surface area (Å²) in [5, 5.41) is 8.63. The number of hydrogen-bond acceptors (Lipinski definition) is 6. The first-order chi connectivity index (χ1) is 9.22. The molecule has 2 N–H and O–H groups in total. The summed E-state index contributed by atoms with van der Waals surface area (Å²) >= 11 is 0. The van der Waals surface area contributed by atoms with E-state index in [9.17, 15) is 21.6 Å². The molecular formula is C9H13N3O6S2. The van der Waals surface area contributed by atoms with Gasteiger partial charge in [-0.05, 0) is 0 Å². The van der Waals surface area contributed by atoms with Crippen molar-refractivity contribution in [3.05, 3.63) is 12.5 Å². The fourth-order valence-electron chi connectivity index (χ4n) is 2.06. The fourth-order valence-corrected chi connectivity index (χ4v) is 5.32. The van der Waals surface area contributed by atoms with Crippen LogP contribution in [0, 0.1) is 0 Å². The minimum Gasteiger partial charge on any atom is -0.481 e. The highest BCUT2D eigenvalue weighted by atomic mass is 32.2. The number of carbonyl (C=O) groups is 1. The molecule has 1 aromatic rings. The summed E-state index contributed by atoms with van der Waals surface area (Å²) in [6.45, 7) is -0.262. The molecule has 9 nitrogen and oxygen atoms in total. The zero-order chi connectivity index (χ0) is 15.0. The predicted octanol–water partition coefficient (Wildman–Crippen LogP) is -1.33. The standard InChI is InChI=1S/C9H13N3O6S2/c13-9(14)3-7-5-19(15,16)2-1-12(7)20(17,18)8-4-10-6-11-8/h4,6-7H,1-3,5H2,(H,10,11)(H,13,14). The molecule has 0 saturated carbocycles. The highest BCUT2D eigenvalue weighted by Crippen LogP contribution is 2.22. The van der Waals surface area contributed by atoms with E-state index >= 15 is 0 Å². The molecule has 0 aromatic carbocycles. The summed E-state index contributed by atoms with van der Waals surface area (Å²) in [4.78, 5) is 16.8. The van der Waals surface area contributed by atoms with Crippen LogP contribution in [-0.2, 0) is 24.7 Å². The minimum absolute atomic E-state index is 0.188. The summed E-state index contributed by atoms with van der Waals surface area (Å²) in [5.74, 6) is -2.07. The molecule has 1 aliphatic rings. The van der Waals surface area contributed by atoms with Gasteiger partial charge in [0.05, 0.1) is 30.5 Å². The molecule has 1 saturated heterocycles. The van der Waals surface area contributed by atoms with E-state index in [-0.39, 0.29) is 17.3 Å². The van der Waals surface area contributed by atoms with Gasteiger partial charge >= 0.3 is 5.97 Å². The molecule has 0 bridgehead atoms. The van der Waals surface area contributed by atoms with Crippen molar-refractivity contribution in [3.63, 3.8) is 0 Å². The maximum absolute atomic E-state index is 12.3. The van der Waals surface area contributed by atoms with Crippen LogP contribution in [0.4, 0.5) is 0 Å². The number of H-pyrrole nitrogens is 1. The van der Waals surface area contributed by atoms with E-state index in [1.807, 2.05) is 0 Å². The van der Waals surface area contributed by atoms with E-state index in [0.717, 1.165) is 10.5 Å². The van der Waals surface area contributed by atoms with Crippen LogP contribution in [0.3, 0.4) is 0 Å². The Kier molecular flexibility index (Phi) is 3.84. The maximum Gasteiger partial charge on any atom is 0.305 e. The second-order valence-electron chi connectivity index (χ2n) is 4.40. The average molecular weight is 323 g/mol.